The van der Waals surface area contributed by atoms with E-state index in [9.17, 15) is 9.18 Å². The van der Waals surface area contributed by atoms with Crippen molar-refractivity contribution in [2.24, 2.45) is 0 Å². The first-order valence-corrected chi connectivity index (χ1v) is 10.3. The number of ketones is 1. The van der Waals surface area contributed by atoms with Gasteiger partial charge in [-0.15, -0.1) is 0 Å². The fourth-order valence-corrected chi connectivity index (χ4v) is 3.39. The Morgan fingerprint density at radius 1 is 1.10 bits per heavy atom. The van der Waals surface area contributed by atoms with Gasteiger partial charge in [-0.2, -0.15) is 0 Å². The number of methoxy groups -OCH3 is 1. The van der Waals surface area contributed by atoms with Crippen molar-refractivity contribution in [1.29, 1.82) is 0 Å². The van der Waals surface area contributed by atoms with Gasteiger partial charge in [0.2, 0.25) is 0 Å². The first kappa shape index (κ1) is 22.6. The van der Waals surface area contributed by atoms with E-state index in [1.807, 2.05) is 39.8 Å². The van der Waals surface area contributed by atoms with Crippen molar-refractivity contribution >= 4 is 25.6 Å². The van der Waals surface area contributed by atoms with Crippen LogP contribution in [0, 0.1) is 5.82 Å². The fraction of sp³-hybridized carbons (Fsp3) is 0.435. The second-order valence-electron chi connectivity index (χ2n) is 8.59. The Hall–Kier alpha value is -2.11. The molecule has 0 saturated carbocycles. The minimum absolute atomic E-state index is 0.100. The van der Waals surface area contributed by atoms with Crippen molar-refractivity contribution in [1.82, 2.24) is 0 Å². The number of hydrogen-bond donors (Lipinski definition) is 0. The van der Waals surface area contributed by atoms with Crippen LogP contribution in [0.2, 0.25) is 6.32 Å². The number of halogens is 1. The SMILES string of the molecule is CC[B]Cc1ccc(C(=O)c2ccc(OC)c(F)c2)c(B2OC(C)(C)C(C)(C)O2)c1. The molecule has 1 fully saturated rings. The molecule has 0 bridgehead atoms. The van der Waals surface area contributed by atoms with E-state index in [1.165, 1.54) is 19.2 Å². The van der Waals surface area contributed by atoms with Crippen LogP contribution >= 0.6 is 0 Å². The summed E-state index contributed by atoms with van der Waals surface area (Å²) in [5.74, 6) is -0.759. The predicted molar refractivity (Wildman–Crippen MR) is 118 cm³/mol. The molecule has 0 aromatic heterocycles. The van der Waals surface area contributed by atoms with Crippen molar-refractivity contribution in [3.05, 3.63) is 58.9 Å². The summed E-state index contributed by atoms with van der Waals surface area (Å²) >= 11 is 0. The van der Waals surface area contributed by atoms with Crippen molar-refractivity contribution in [2.75, 3.05) is 7.11 Å². The lowest BCUT2D eigenvalue weighted by atomic mass is 9.67. The molecule has 0 amide bonds. The van der Waals surface area contributed by atoms with Crippen molar-refractivity contribution in [3.8, 4) is 5.75 Å². The summed E-state index contributed by atoms with van der Waals surface area (Å²) in [5, 5.41) is 0. The van der Waals surface area contributed by atoms with Crippen LogP contribution in [-0.2, 0) is 15.6 Å². The lowest BCUT2D eigenvalue weighted by molar-refractivity contribution is 0.00578. The minimum atomic E-state index is -0.682. The maximum atomic E-state index is 14.2. The van der Waals surface area contributed by atoms with Crippen LogP contribution in [-0.4, -0.2) is 38.5 Å². The van der Waals surface area contributed by atoms with Gasteiger partial charge in [0.15, 0.2) is 17.3 Å². The van der Waals surface area contributed by atoms with E-state index in [0.717, 1.165) is 18.2 Å². The standard InChI is InChI=1S/C23H28B2FO4/c1-7-24-14-15-8-10-17(21(27)16-9-11-20(28-6)19(26)13-16)18(12-15)25-29-22(2,3)23(4,5)30-25/h8-13H,7,14H2,1-6H3. The van der Waals surface area contributed by atoms with Crippen LogP contribution in [0.15, 0.2) is 36.4 Å². The third-order valence-electron chi connectivity index (χ3n) is 5.95. The first-order valence-electron chi connectivity index (χ1n) is 10.3. The third-order valence-corrected chi connectivity index (χ3v) is 5.95. The summed E-state index contributed by atoms with van der Waals surface area (Å²) in [6.07, 6.45) is 1.74. The highest BCUT2D eigenvalue weighted by Gasteiger charge is 2.52. The lowest BCUT2D eigenvalue weighted by Crippen LogP contribution is -2.41. The van der Waals surface area contributed by atoms with E-state index in [-0.39, 0.29) is 17.1 Å². The van der Waals surface area contributed by atoms with Gasteiger partial charge in [0.1, 0.15) is 7.28 Å². The van der Waals surface area contributed by atoms with Crippen LogP contribution in [0.4, 0.5) is 4.39 Å². The Balaban J connectivity index is 2.03. The quantitative estimate of drug-likeness (QED) is 0.512. The number of carbonyl (C=O) groups excluding carboxylic acids is 1. The van der Waals surface area contributed by atoms with E-state index in [1.54, 1.807) is 12.1 Å². The van der Waals surface area contributed by atoms with Gasteiger partial charge in [-0.1, -0.05) is 43.3 Å². The Morgan fingerprint density at radius 3 is 2.33 bits per heavy atom. The Morgan fingerprint density at radius 2 is 1.77 bits per heavy atom. The average molecular weight is 409 g/mol. The summed E-state index contributed by atoms with van der Waals surface area (Å²) in [6, 6.07) is 9.89. The molecule has 1 aliphatic heterocycles. The topological polar surface area (TPSA) is 44.8 Å². The summed E-state index contributed by atoms with van der Waals surface area (Å²) in [5.41, 5.74) is 1.36. The maximum Gasteiger partial charge on any atom is 0.495 e. The zero-order chi connectivity index (χ0) is 22.1. The highest BCUT2D eigenvalue weighted by atomic mass is 19.1. The Bertz CT molecular complexity index is 927. The van der Waals surface area contributed by atoms with Gasteiger partial charge in [0.25, 0.3) is 0 Å². The summed E-state index contributed by atoms with van der Waals surface area (Å²) in [7, 11) is 2.88. The van der Waals surface area contributed by atoms with E-state index in [0.29, 0.717) is 11.0 Å². The molecule has 30 heavy (non-hydrogen) atoms. The molecular formula is C23H28B2FO4. The van der Waals surface area contributed by atoms with Gasteiger partial charge in [-0.3, -0.25) is 4.79 Å². The van der Waals surface area contributed by atoms with Crippen LogP contribution < -0.4 is 10.2 Å². The third kappa shape index (κ3) is 4.33. The molecule has 3 rings (SSSR count). The summed E-state index contributed by atoms with van der Waals surface area (Å²) in [6.45, 7) is 9.99. The van der Waals surface area contributed by atoms with Gasteiger partial charge in [0, 0.05) is 11.1 Å². The molecule has 2 aromatic rings. The van der Waals surface area contributed by atoms with Crippen molar-refractivity contribution in [3.63, 3.8) is 0 Å². The number of benzene rings is 2. The molecule has 1 radical (unpaired) electrons. The van der Waals surface area contributed by atoms with Gasteiger partial charge in [-0.05, 0) is 51.4 Å². The zero-order valence-corrected chi connectivity index (χ0v) is 18.5. The molecule has 157 valence electrons. The molecule has 0 unspecified atom stereocenters. The lowest BCUT2D eigenvalue weighted by Gasteiger charge is -2.32. The fourth-order valence-electron chi connectivity index (χ4n) is 3.39. The van der Waals surface area contributed by atoms with E-state index in [4.69, 9.17) is 14.0 Å². The average Bonchev–Trinajstić information content (AvgIpc) is 2.92. The van der Waals surface area contributed by atoms with Gasteiger partial charge in [-0.25, -0.2) is 4.39 Å². The number of carbonyl (C=O) groups is 1. The van der Waals surface area contributed by atoms with Gasteiger partial charge in [0.05, 0.1) is 18.3 Å². The Kier molecular flexibility index (Phi) is 6.44. The molecule has 1 saturated heterocycles. The van der Waals surface area contributed by atoms with Gasteiger partial charge >= 0.3 is 7.12 Å². The second-order valence-corrected chi connectivity index (χ2v) is 8.59. The van der Waals surface area contributed by atoms with Crippen molar-refractivity contribution in [2.45, 2.75) is 58.5 Å². The van der Waals surface area contributed by atoms with Crippen LogP contribution in [0.1, 0.15) is 56.1 Å². The zero-order valence-electron chi connectivity index (χ0n) is 18.5. The first-order chi connectivity index (χ1) is 14.1. The molecule has 0 spiro atoms. The molecule has 7 heteroatoms. The number of rotatable bonds is 7. The summed E-state index contributed by atoms with van der Waals surface area (Å²) < 4.78 is 31.6. The van der Waals surface area contributed by atoms with E-state index in [2.05, 4.69) is 14.2 Å². The maximum absolute atomic E-state index is 14.2. The summed E-state index contributed by atoms with van der Waals surface area (Å²) in [4.78, 5) is 13.3. The van der Waals surface area contributed by atoms with Crippen LogP contribution in [0.3, 0.4) is 0 Å². The van der Waals surface area contributed by atoms with Gasteiger partial charge < -0.3 is 14.0 Å². The normalized spacial score (nSPS) is 17.1. The van der Waals surface area contributed by atoms with Crippen LogP contribution in [0.5, 0.6) is 5.75 Å². The largest absolute Gasteiger partial charge is 0.495 e. The molecule has 1 aliphatic rings. The van der Waals surface area contributed by atoms with Crippen molar-refractivity contribution < 1.29 is 23.2 Å². The monoisotopic (exact) mass is 409 g/mol. The molecule has 0 aliphatic carbocycles. The molecule has 0 N–H and O–H groups in total. The Labute approximate surface area is 179 Å². The molecule has 4 nitrogen and oxygen atoms in total. The minimum Gasteiger partial charge on any atom is -0.494 e. The highest BCUT2D eigenvalue weighted by Crippen LogP contribution is 2.37. The predicted octanol–water partition coefficient (Wildman–Crippen LogP) is 4.01. The number of ether oxygens (including phenoxy) is 1. The van der Waals surface area contributed by atoms with Crippen LogP contribution in [0.25, 0.3) is 0 Å². The molecule has 0 atom stereocenters. The smallest absolute Gasteiger partial charge is 0.494 e. The van der Waals surface area contributed by atoms with E-state index >= 15 is 0 Å². The molecular weight excluding hydrogens is 381 g/mol. The molecule has 2 aromatic carbocycles. The highest BCUT2D eigenvalue weighted by molar-refractivity contribution is 6.64. The second kappa shape index (κ2) is 8.56. The van der Waals surface area contributed by atoms with E-state index < -0.39 is 24.1 Å². The molecule has 1 heterocycles. The number of hydrogen-bond acceptors (Lipinski definition) is 4.